The summed E-state index contributed by atoms with van der Waals surface area (Å²) in [6.07, 6.45) is 1.12. The summed E-state index contributed by atoms with van der Waals surface area (Å²) < 4.78 is 52.0. The molecule has 1 fully saturated rings. The van der Waals surface area contributed by atoms with E-state index in [0.717, 1.165) is 6.07 Å². The Balaban J connectivity index is 1.46. The van der Waals surface area contributed by atoms with Crippen molar-refractivity contribution >= 4 is 21.6 Å². The first-order valence-corrected chi connectivity index (χ1v) is 11.3. The Labute approximate surface area is 174 Å². The highest BCUT2D eigenvalue weighted by Gasteiger charge is 2.33. The quantitative estimate of drug-likeness (QED) is 0.800. The smallest absolute Gasteiger partial charge is 0.243 e. The maximum atomic E-state index is 13.9. The fourth-order valence-corrected chi connectivity index (χ4v) is 5.16. The maximum Gasteiger partial charge on any atom is 0.243 e. The van der Waals surface area contributed by atoms with E-state index in [0.29, 0.717) is 55.4 Å². The van der Waals surface area contributed by atoms with Crippen LogP contribution in [0.3, 0.4) is 0 Å². The minimum Gasteiger partial charge on any atom is -0.486 e. The largest absolute Gasteiger partial charge is 0.486 e. The molecular weight excluding hydrogens is 411 g/mol. The Hall–Kier alpha value is -2.65. The van der Waals surface area contributed by atoms with E-state index in [4.69, 9.17) is 9.47 Å². The number of benzene rings is 2. The summed E-state index contributed by atoms with van der Waals surface area (Å²) in [6.45, 7) is 2.85. The lowest BCUT2D eigenvalue weighted by atomic mass is 9.98. The normalized spacial score (nSPS) is 19.3. The molecule has 4 rings (SSSR count). The Morgan fingerprint density at radius 1 is 1.13 bits per heavy atom. The molecule has 0 spiro atoms. The van der Waals surface area contributed by atoms with Crippen molar-refractivity contribution in [3.8, 4) is 11.5 Å². The summed E-state index contributed by atoms with van der Waals surface area (Å²) in [5.41, 5.74) is 0.939. The number of hydrogen-bond donors (Lipinski definition) is 1. The third kappa shape index (κ3) is 4.13. The molecule has 0 radical (unpaired) electrons. The van der Waals surface area contributed by atoms with Gasteiger partial charge in [0.1, 0.15) is 19.0 Å². The number of halogens is 1. The number of amides is 1. The molecule has 2 aromatic carbocycles. The lowest BCUT2D eigenvalue weighted by Gasteiger charge is -2.31. The molecule has 1 unspecified atom stereocenters. The number of nitrogens with one attached hydrogen (secondary N) is 1. The van der Waals surface area contributed by atoms with Crippen LogP contribution in [-0.4, -0.2) is 44.9 Å². The Bertz CT molecular complexity index is 1070. The molecule has 1 atom stereocenters. The number of sulfonamides is 1. The summed E-state index contributed by atoms with van der Waals surface area (Å²) >= 11 is 0. The highest BCUT2D eigenvalue weighted by Crippen LogP contribution is 2.33. The van der Waals surface area contributed by atoms with Crippen LogP contribution in [0.25, 0.3) is 0 Å². The first-order valence-electron chi connectivity index (χ1n) is 9.81. The van der Waals surface area contributed by atoms with Gasteiger partial charge in [0.2, 0.25) is 15.9 Å². The van der Waals surface area contributed by atoms with Gasteiger partial charge in [0.05, 0.1) is 10.8 Å². The number of ether oxygens (including phenoxy) is 2. The molecule has 0 aromatic heterocycles. The number of piperidine rings is 1. The van der Waals surface area contributed by atoms with E-state index in [-0.39, 0.29) is 17.3 Å². The van der Waals surface area contributed by atoms with Gasteiger partial charge in [-0.25, -0.2) is 12.8 Å². The molecule has 2 aliphatic rings. The SMILES string of the molecule is Cc1ccc(S(=O)(=O)N2CCCC(C(=O)Nc3ccc4c(c3)OCCO4)C2)cc1F. The second-order valence-electron chi connectivity index (χ2n) is 7.46. The molecule has 0 aliphatic carbocycles. The minimum atomic E-state index is -3.88. The van der Waals surface area contributed by atoms with Gasteiger partial charge in [-0.2, -0.15) is 4.31 Å². The fourth-order valence-electron chi connectivity index (χ4n) is 3.62. The van der Waals surface area contributed by atoms with E-state index in [1.54, 1.807) is 25.1 Å². The van der Waals surface area contributed by atoms with Crippen LogP contribution in [0.15, 0.2) is 41.3 Å². The van der Waals surface area contributed by atoms with Crippen molar-refractivity contribution in [3.63, 3.8) is 0 Å². The molecule has 1 amide bonds. The molecule has 2 aromatic rings. The van der Waals surface area contributed by atoms with E-state index < -0.39 is 21.8 Å². The number of rotatable bonds is 4. The average Bonchev–Trinajstić information content (AvgIpc) is 2.75. The monoisotopic (exact) mass is 434 g/mol. The molecule has 9 heteroatoms. The van der Waals surface area contributed by atoms with Gasteiger partial charge >= 0.3 is 0 Å². The summed E-state index contributed by atoms with van der Waals surface area (Å²) in [5.74, 6) is -0.146. The molecule has 0 bridgehead atoms. The highest BCUT2D eigenvalue weighted by molar-refractivity contribution is 7.89. The van der Waals surface area contributed by atoms with Crippen molar-refractivity contribution in [1.29, 1.82) is 0 Å². The summed E-state index contributed by atoms with van der Waals surface area (Å²) in [4.78, 5) is 12.7. The summed E-state index contributed by atoms with van der Waals surface area (Å²) in [6, 6.07) is 9.01. The van der Waals surface area contributed by atoms with E-state index >= 15 is 0 Å². The van der Waals surface area contributed by atoms with Crippen LogP contribution in [0.2, 0.25) is 0 Å². The van der Waals surface area contributed by atoms with Crippen LogP contribution in [0.5, 0.6) is 11.5 Å². The zero-order valence-electron chi connectivity index (χ0n) is 16.6. The third-order valence-corrected chi connectivity index (χ3v) is 7.21. The van der Waals surface area contributed by atoms with E-state index in [9.17, 15) is 17.6 Å². The number of hydrogen-bond acceptors (Lipinski definition) is 5. The van der Waals surface area contributed by atoms with Crippen molar-refractivity contribution in [1.82, 2.24) is 4.31 Å². The molecule has 160 valence electrons. The van der Waals surface area contributed by atoms with Crippen molar-refractivity contribution < 1.29 is 27.1 Å². The first kappa shape index (κ1) is 20.6. The number of nitrogens with zero attached hydrogens (tertiary/aromatic N) is 1. The first-order chi connectivity index (χ1) is 14.3. The number of anilines is 1. The predicted octanol–water partition coefficient (Wildman–Crippen LogP) is 2.94. The standard InChI is InChI=1S/C21H23FN2O5S/c1-14-4-6-17(12-18(14)22)30(26,27)24-8-2-3-15(13-24)21(25)23-16-5-7-19-20(11-16)29-10-9-28-19/h4-7,11-12,15H,2-3,8-10,13H2,1H3,(H,23,25). The van der Waals surface area contributed by atoms with Gasteiger partial charge in [-0.3, -0.25) is 4.79 Å². The average molecular weight is 434 g/mol. The van der Waals surface area contributed by atoms with Gasteiger partial charge in [-0.1, -0.05) is 6.07 Å². The van der Waals surface area contributed by atoms with Gasteiger partial charge < -0.3 is 14.8 Å². The van der Waals surface area contributed by atoms with Gasteiger partial charge in [0, 0.05) is 24.8 Å². The third-order valence-electron chi connectivity index (χ3n) is 5.35. The topological polar surface area (TPSA) is 84.9 Å². The van der Waals surface area contributed by atoms with Crippen molar-refractivity contribution in [2.24, 2.45) is 5.92 Å². The molecular formula is C21H23FN2O5S. The minimum absolute atomic E-state index is 0.0498. The molecule has 1 saturated heterocycles. The number of aryl methyl sites for hydroxylation is 1. The van der Waals surface area contributed by atoms with Gasteiger partial charge in [0.25, 0.3) is 0 Å². The van der Waals surface area contributed by atoms with Crippen LogP contribution >= 0.6 is 0 Å². The molecule has 0 saturated carbocycles. The number of carbonyl (C=O) groups is 1. The van der Waals surface area contributed by atoms with Gasteiger partial charge in [0.15, 0.2) is 11.5 Å². The van der Waals surface area contributed by atoms with Crippen LogP contribution in [-0.2, 0) is 14.8 Å². The zero-order chi connectivity index (χ0) is 21.3. The summed E-state index contributed by atoms with van der Waals surface area (Å²) in [5, 5.41) is 2.83. The molecule has 30 heavy (non-hydrogen) atoms. The molecule has 1 N–H and O–H groups in total. The van der Waals surface area contributed by atoms with Crippen molar-refractivity contribution in [3.05, 3.63) is 47.8 Å². The Morgan fingerprint density at radius 2 is 1.90 bits per heavy atom. The highest BCUT2D eigenvalue weighted by atomic mass is 32.2. The van der Waals surface area contributed by atoms with Gasteiger partial charge in [-0.05, 0) is 49.6 Å². The number of carbonyl (C=O) groups excluding carboxylic acids is 1. The van der Waals surface area contributed by atoms with Crippen LogP contribution in [0, 0.1) is 18.7 Å². The van der Waals surface area contributed by atoms with Crippen LogP contribution in [0.1, 0.15) is 18.4 Å². The second-order valence-corrected chi connectivity index (χ2v) is 9.40. The van der Waals surface area contributed by atoms with Crippen molar-refractivity contribution in [2.75, 3.05) is 31.6 Å². The van der Waals surface area contributed by atoms with E-state index in [2.05, 4.69) is 5.32 Å². The van der Waals surface area contributed by atoms with Crippen LogP contribution < -0.4 is 14.8 Å². The zero-order valence-corrected chi connectivity index (χ0v) is 17.4. The van der Waals surface area contributed by atoms with Crippen molar-refractivity contribution in [2.45, 2.75) is 24.7 Å². The van der Waals surface area contributed by atoms with Crippen LogP contribution in [0.4, 0.5) is 10.1 Å². The molecule has 7 nitrogen and oxygen atoms in total. The summed E-state index contributed by atoms with van der Waals surface area (Å²) in [7, 11) is -3.88. The van der Waals surface area contributed by atoms with E-state index in [1.807, 2.05) is 0 Å². The maximum absolute atomic E-state index is 13.9. The Kier molecular flexibility index (Phi) is 5.66. The lowest BCUT2D eigenvalue weighted by molar-refractivity contribution is -0.120. The second kappa shape index (κ2) is 8.23. The predicted molar refractivity (Wildman–Crippen MR) is 109 cm³/mol. The molecule has 2 heterocycles. The Morgan fingerprint density at radius 3 is 2.67 bits per heavy atom. The lowest BCUT2D eigenvalue weighted by Crippen LogP contribution is -2.43. The fraction of sp³-hybridized carbons (Fsp3) is 0.381. The van der Waals surface area contributed by atoms with E-state index in [1.165, 1.54) is 16.4 Å². The molecule has 2 aliphatic heterocycles. The van der Waals surface area contributed by atoms with Gasteiger partial charge in [-0.15, -0.1) is 0 Å². The number of fused-ring (bicyclic) bond motifs is 1.